The molecule has 0 saturated heterocycles. The summed E-state index contributed by atoms with van der Waals surface area (Å²) in [7, 11) is 0. The van der Waals surface area contributed by atoms with E-state index in [9.17, 15) is 4.79 Å². The van der Waals surface area contributed by atoms with Crippen molar-refractivity contribution in [3.8, 4) is 0 Å². The molecular formula is C7H10N2O2. The van der Waals surface area contributed by atoms with Gasteiger partial charge in [0.25, 0.3) is 0 Å². The number of ketones is 1. The first kappa shape index (κ1) is 7.97. The van der Waals surface area contributed by atoms with Gasteiger partial charge in [-0.2, -0.15) is 0 Å². The van der Waals surface area contributed by atoms with Gasteiger partial charge in [-0.25, -0.2) is 0 Å². The second-order valence-electron chi connectivity index (χ2n) is 2.24. The first-order chi connectivity index (χ1) is 5.25. The van der Waals surface area contributed by atoms with Crippen LogP contribution in [0.4, 0.5) is 0 Å². The number of H-pyrrole nitrogens is 1. The molecule has 11 heavy (non-hydrogen) atoms. The molecule has 0 fully saturated rings. The number of carbonyl (C=O) groups excluding carboxylic acids is 1. The number of aromatic amines is 1. The summed E-state index contributed by atoms with van der Waals surface area (Å²) < 4.78 is 0. The van der Waals surface area contributed by atoms with E-state index in [-0.39, 0.29) is 12.4 Å². The molecule has 0 radical (unpaired) electrons. The first-order valence-electron chi connectivity index (χ1n) is 3.29. The van der Waals surface area contributed by atoms with Crippen molar-refractivity contribution in [3.05, 3.63) is 24.0 Å². The van der Waals surface area contributed by atoms with Gasteiger partial charge in [-0.05, 0) is 12.1 Å². The molecule has 4 N–H and O–H groups in total. The van der Waals surface area contributed by atoms with E-state index in [2.05, 4.69) is 4.98 Å². The zero-order valence-corrected chi connectivity index (χ0v) is 5.95. The van der Waals surface area contributed by atoms with E-state index in [0.717, 1.165) is 0 Å². The van der Waals surface area contributed by atoms with Gasteiger partial charge >= 0.3 is 0 Å². The Kier molecular flexibility index (Phi) is 2.40. The Morgan fingerprint density at radius 3 is 3.00 bits per heavy atom. The second kappa shape index (κ2) is 3.32. The molecule has 4 nitrogen and oxygen atoms in total. The maximum Gasteiger partial charge on any atom is 0.197 e. The molecule has 1 atom stereocenters. The lowest BCUT2D eigenvalue weighted by Crippen LogP contribution is -2.34. The topological polar surface area (TPSA) is 79.1 Å². The van der Waals surface area contributed by atoms with Crippen LogP contribution in [-0.2, 0) is 0 Å². The van der Waals surface area contributed by atoms with Crippen molar-refractivity contribution < 1.29 is 9.90 Å². The quantitative estimate of drug-likeness (QED) is 0.514. The van der Waals surface area contributed by atoms with E-state index in [4.69, 9.17) is 10.8 Å². The van der Waals surface area contributed by atoms with Gasteiger partial charge in [-0.15, -0.1) is 0 Å². The summed E-state index contributed by atoms with van der Waals surface area (Å²) in [5.74, 6) is -0.266. The summed E-state index contributed by atoms with van der Waals surface area (Å²) >= 11 is 0. The predicted molar refractivity (Wildman–Crippen MR) is 40.2 cm³/mol. The molecule has 0 aliphatic carbocycles. The SMILES string of the molecule is N[C@@H](CO)C(=O)c1ccc[nH]1. The van der Waals surface area contributed by atoms with Crippen LogP contribution in [0.5, 0.6) is 0 Å². The minimum absolute atomic E-state index is 0.266. The molecule has 0 aromatic carbocycles. The number of nitrogens with two attached hydrogens (primary N) is 1. The van der Waals surface area contributed by atoms with Gasteiger partial charge < -0.3 is 15.8 Å². The van der Waals surface area contributed by atoms with Gasteiger partial charge in [0.2, 0.25) is 0 Å². The van der Waals surface area contributed by atoms with Crippen molar-refractivity contribution in [2.45, 2.75) is 6.04 Å². The van der Waals surface area contributed by atoms with E-state index in [1.807, 2.05) is 0 Å². The van der Waals surface area contributed by atoms with Gasteiger partial charge in [0, 0.05) is 6.20 Å². The van der Waals surface area contributed by atoms with Crippen LogP contribution in [0.25, 0.3) is 0 Å². The number of nitrogens with one attached hydrogen (secondary N) is 1. The number of hydrogen-bond donors (Lipinski definition) is 3. The molecular weight excluding hydrogens is 144 g/mol. The summed E-state index contributed by atoms with van der Waals surface area (Å²) in [5.41, 5.74) is 5.72. The Hall–Kier alpha value is -1.13. The van der Waals surface area contributed by atoms with Gasteiger partial charge in [0.1, 0.15) is 0 Å². The standard InChI is InChI=1S/C7H10N2O2/c8-5(4-10)7(11)6-2-1-3-9-6/h1-3,5,9-10H,4,8H2/t5-/m0/s1. The number of aliphatic hydroxyl groups excluding tert-OH is 1. The fourth-order valence-corrected chi connectivity index (χ4v) is 0.766. The van der Waals surface area contributed by atoms with Crippen LogP contribution in [0.15, 0.2) is 18.3 Å². The van der Waals surface area contributed by atoms with Gasteiger partial charge in [0.05, 0.1) is 18.3 Å². The van der Waals surface area contributed by atoms with Crippen LogP contribution in [0.1, 0.15) is 10.5 Å². The Morgan fingerprint density at radius 2 is 2.55 bits per heavy atom. The molecule has 1 rings (SSSR count). The highest BCUT2D eigenvalue weighted by Gasteiger charge is 2.14. The van der Waals surface area contributed by atoms with E-state index in [1.54, 1.807) is 18.3 Å². The number of Topliss-reactive ketones (excluding diaryl/α,β-unsaturated/α-hetero) is 1. The maximum atomic E-state index is 11.1. The fraction of sp³-hybridized carbons (Fsp3) is 0.286. The Bertz CT molecular complexity index is 231. The summed E-state index contributed by atoms with van der Waals surface area (Å²) in [5, 5.41) is 8.54. The van der Waals surface area contributed by atoms with Gasteiger partial charge in [0.15, 0.2) is 5.78 Å². The molecule has 0 bridgehead atoms. The zero-order chi connectivity index (χ0) is 8.27. The number of hydrogen-bond acceptors (Lipinski definition) is 3. The summed E-state index contributed by atoms with van der Waals surface area (Å²) in [6, 6.07) is 2.52. The van der Waals surface area contributed by atoms with Crippen molar-refractivity contribution in [1.82, 2.24) is 4.98 Å². The van der Waals surface area contributed by atoms with Gasteiger partial charge in [-0.1, -0.05) is 0 Å². The molecule has 0 amide bonds. The molecule has 1 aromatic heterocycles. The lowest BCUT2D eigenvalue weighted by atomic mass is 10.1. The maximum absolute atomic E-state index is 11.1. The summed E-state index contributed by atoms with van der Waals surface area (Å²) in [6.07, 6.45) is 1.64. The lowest BCUT2D eigenvalue weighted by Gasteiger charge is -2.03. The molecule has 60 valence electrons. The number of aromatic nitrogens is 1. The Morgan fingerprint density at radius 1 is 1.82 bits per heavy atom. The van der Waals surface area contributed by atoms with Crippen LogP contribution in [0.3, 0.4) is 0 Å². The third kappa shape index (κ3) is 1.66. The van der Waals surface area contributed by atoms with E-state index < -0.39 is 6.04 Å². The normalized spacial score (nSPS) is 12.9. The minimum atomic E-state index is -0.811. The average Bonchev–Trinajstić information content (AvgIpc) is 2.53. The predicted octanol–water partition coefficient (Wildman–Crippen LogP) is -0.483. The number of carbonyl (C=O) groups is 1. The van der Waals surface area contributed by atoms with Crippen LogP contribution in [0.2, 0.25) is 0 Å². The van der Waals surface area contributed by atoms with E-state index in [0.29, 0.717) is 5.69 Å². The molecule has 0 spiro atoms. The third-order valence-corrected chi connectivity index (χ3v) is 1.40. The summed E-state index contributed by atoms with van der Waals surface area (Å²) in [4.78, 5) is 13.8. The zero-order valence-electron chi connectivity index (χ0n) is 5.95. The third-order valence-electron chi connectivity index (χ3n) is 1.40. The molecule has 0 aliphatic rings. The first-order valence-corrected chi connectivity index (χ1v) is 3.29. The highest BCUT2D eigenvalue weighted by atomic mass is 16.3. The van der Waals surface area contributed by atoms with Crippen molar-refractivity contribution >= 4 is 5.78 Å². The fourth-order valence-electron chi connectivity index (χ4n) is 0.766. The Balaban J connectivity index is 2.70. The smallest absolute Gasteiger partial charge is 0.197 e. The average molecular weight is 154 g/mol. The highest BCUT2D eigenvalue weighted by molar-refractivity contribution is 5.98. The number of rotatable bonds is 3. The van der Waals surface area contributed by atoms with E-state index >= 15 is 0 Å². The minimum Gasteiger partial charge on any atom is -0.394 e. The molecule has 0 aliphatic heterocycles. The molecule has 4 heteroatoms. The molecule has 1 aromatic rings. The highest BCUT2D eigenvalue weighted by Crippen LogP contribution is 1.97. The molecule has 0 saturated carbocycles. The summed E-state index contributed by atoms with van der Waals surface area (Å²) in [6.45, 7) is -0.322. The van der Waals surface area contributed by atoms with Crippen molar-refractivity contribution in [1.29, 1.82) is 0 Å². The van der Waals surface area contributed by atoms with Gasteiger partial charge in [-0.3, -0.25) is 4.79 Å². The lowest BCUT2D eigenvalue weighted by molar-refractivity contribution is 0.0921. The molecule has 1 heterocycles. The van der Waals surface area contributed by atoms with Crippen molar-refractivity contribution in [2.75, 3.05) is 6.61 Å². The van der Waals surface area contributed by atoms with Crippen LogP contribution < -0.4 is 5.73 Å². The van der Waals surface area contributed by atoms with Crippen LogP contribution in [0, 0.1) is 0 Å². The second-order valence-corrected chi connectivity index (χ2v) is 2.24. The van der Waals surface area contributed by atoms with Crippen molar-refractivity contribution in [2.24, 2.45) is 5.73 Å². The monoisotopic (exact) mass is 154 g/mol. The Labute approximate surface area is 64.0 Å². The number of aliphatic hydroxyl groups is 1. The molecule has 0 unspecified atom stereocenters. The van der Waals surface area contributed by atoms with Crippen LogP contribution in [-0.4, -0.2) is 28.5 Å². The van der Waals surface area contributed by atoms with E-state index in [1.165, 1.54) is 0 Å². The van der Waals surface area contributed by atoms with Crippen LogP contribution >= 0.6 is 0 Å². The van der Waals surface area contributed by atoms with Crippen molar-refractivity contribution in [3.63, 3.8) is 0 Å². The largest absolute Gasteiger partial charge is 0.394 e.